The van der Waals surface area contributed by atoms with Crippen LogP contribution in [-0.4, -0.2) is 37.0 Å². The van der Waals surface area contributed by atoms with E-state index >= 15 is 0 Å². The standard InChI is InChI=1S/C16H17N3O5S/c1-17-13-5-4-11(9-14(13)19(22)23)16(21)24-10-15(20)18-7-6-12-3-2-8-25-12/h2-5,8-9,17H,6-7,10H2,1H3,(H,18,20). The number of anilines is 1. The number of hydrogen-bond donors (Lipinski definition) is 2. The van der Waals surface area contributed by atoms with Gasteiger partial charge in [0.2, 0.25) is 0 Å². The molecule has 0 radical (unpaired) electrons. The number of rotatable bonds is 8. The molecule has 2 aromatic rings. The van der Waals surface area contributed by atoms with E-state index in [9.17, 15) is 19.7 Å². The predicted octanol–water partition coefficient (Wildman–Crippen LogP) is 2.21. The Balaban J connectivity index is 1.84. The average molecular weight is 363 g/mol. The Bertz CT molecular complexity index is 761. The Morgan fingerprint density at radius 3 is 2.76 bits per heavy atom. The maximum Gasteiger partial charge on any atom is 0.338 e. The fraction of sp³-hybridized carbons (Fsp3) is 0.250. The second-order valence-electron chi connectivity index (χ2n) is 4.99. The smallest absolute Gasteiger partial charge is 0.338 e. The van der Waals surface area contributed by atoms with Gasteiger partial charge in [-0.05, 0) is 30.0 Å². The summed E-state index contributed by atoms with van der Waals surface area (Å²) in [5.74, 6) is -1.22. The van der Waals surface area contributed by atoms with Gasteiger partial charge in [-0.3, -0.25) is 14.9 Å². The lowest BCUT2D eigenvalue weighted by Gasteiger charge is -2.07. The number of hydrogen-bond acceptors (Lipinski definition) is 7. The molecule has 0 fully saturated rings. The number of carbonyl (C=O) groups excluding carboxylic acids is 2. The van der Waals surface area contributed by atoms with E-state index in [-0.39, 0.29) is 16.9 Å². The minimum absolute atomic E-state index is 0.0112. The number of nitro groups is 1. The molecule has 132 valence electrons. The first kappa shape index (κ1) is 18.4. The van der Waals surface area contributed by atoms with Crippen LogP contribution in [0.1, 0.15) is 15.2 Å². The molecule has 0 saturated carbocycles. The normalized spacial score (nSPS) is 10.1. The molecule has 1 aromatic heterocycles. The summed E-state index contributed by atoms with van der Waals surface area (Å²) in [5.41, 5.74) is 0.0577. The van der Waals surface area contributed by atoms with Gasteiger partial charge in [-0.1, -0.05) is 6.07 Å². The van der Waals surface area contributed by atoms with Gasteiger partial charge < -0.3 is 15.4 Å². The minimum Gasteiger partial charge on any atom is -0.452 e. The highest BCUT2D eigenvalue weighted by molar-refractivity contribution is 7.09. The van der Waals surface area contributed by atoms with E-state index < -0.39 is 23.4 Å². The van der Waals surface area contributed by atoms with E-state index in [4.69, 9.17) is 4.74 Å². The summed E-state index contributed by atoms with van der Waals surface area (Å²) >= 11 is 1.60. The molecule has 0 atom stereocenters. The van der Waals surface area contributed by atoms with Crippen LogP contribution in [0.4, 0.5) is 11.4 Å². The molecular weight excluding hydrogens is 346 g/mol. The molecule has 9 heteroatoms. The van der Waals surface area contributed by atoms with Crippen LogP contribution in [0.5, 0.6) is 0 Å². The van der Waals surface area contributed by atoms with Crippen molar-refractivity contribution in [2.24, 2.45) is 0 Å². The van der Waals surface area contributed by atoms with Crippen molar-refractivity contribution in [2.75, 3.05) is 25.5 Å². The van der Waals surface area contributed by atoms with Crippen molar-refractivity contribution in [3.05, 3.63) is 56.3 Å². The summed E-state index contributed by atoms with van der Waals surface area (Å²) in [6.45, 7) is 0.00405. The highest BCUT2D eigenvalue weighted by Crippen LogP contribution is 2.25. The third kappa shape index (κ3) is 5.28. The first-order chi connectivity index (χ1) is 12.0. The molecule has 0 spiro atoms. The highest BCUT2D eigenvalue weighted by atomic mass is 32.1. The van der Waals surface area contributed by atoms with Gasteiger partial charge in [0.15, 0.2) is 6.61 Å². The lowest BCUT2D eigenvalue weighted by molar-refractivity contribution is -0.384. The summed E-state index contributed by atoms with van der Waals surface area (Å²) < 4.78 is 4.89. The van der Waals surface area contributed by atoms with Gasteiger partial charge >= 0.3 is 5.97 Å². The predicted molar refractivity (Wildman–Crippen MR) is 94.0 cm³/mol. The number of nitro benzene ring substituents is 1. The molecule has 1 amide bonds. The molecule has 0 unspecified atom stereocenters. The quantitative estimate of drug-likeness (QED) is 0.423. The van der Waals surface area contributed by atoms with Crippen molar-refractivity contribution in [1.29, 1.82) is 0 Å². The third-order valence-corrected chi connectivity index (χ3v) is 4.24. The average Bonchev–Trinajstić information content (AvgIpc) is 3.12. The largest absolute Gasteiger partial charge is 0.452 e. The van der Waals surface area contributed by atoms with Crippen LogP contribution in [0.3, 0.4) is 0 Å². The van der Waals surface area contributed by atoms with Gasteiger partial charge in [-0.15, -0.1) is 11.3 Å². The van der Waals surface area contributed by atoms with Gasteiger partial charge in [-0.2, -0.15) is 0 Å². The molecular formula is C16H17N3O5S. The molecule has 0 aliphatic rings. The van der Waals surface area contributed by atoms with Crippen molar-refractivity contribution < 1.29 is 19.2 Å². The van der Waals surface area contributed by atoms with Crippen LogP contribution in [0, 0.1) is 10.1 Å². The Labute approximate surface area is 148 Å². The first-order valence-electron chi connectivity index (χ1n) is 7.43. The molecule has 8 nitrogen and oxygen atoms in total. The lowest BCUT2D eigenvalue weighted by Crippen LogP contribution is -2.30. The summed E-state index contributed by atoms with van der Waals surface area (Å²) in [5, 5.41) is 18.3. The summed E-state index contributed by atoms with van der Waals surface area (Å²) in [4.78, 5) is 35.2. The third-order valence-electron chi connectivity index (χ3n) is 3.31. The van der Waals surface area contributed by atoms with Gasteiger partial charge in [0, 0.05) is 24.5 Å². The number of amides is 1. The molecule has 25 heavy (non-hydrogen) atoms. The molecule has 1 heterocycles. The van der Waals surface area contributed by atoms with Crippen molar-refractivity contribution in [1.82, 2.24) is 5.32 Å². The zero-order valence-corrected chi connectivity index (χ0v) is 14.3. The summed E-state index contributed by atoms with van der Waals surface area (Å²) in [7, 11) is 1.54. The number of nitrogens with zero attached hydrogens (tertiary/aromatic N) is 1. The van der Waals surface area contributed by atoms with Crippen molar-refractivity contribution in [3.8, 4) is 0 Å². The SMILES string of the molecule is CNc1ccc(C(=O)OCC(=O)NCCc2cccs2)cc1[N+](=O)[O-]. The first-order valence-corrected chi connectivity index (χ1v) is 8.31. The van der Waals surface area contributed by atoms with Gasteiger partial charge in [0.25, 0.3) is 11.6 Å². The van der Waals surface area contributed by atoms with Gasteiger partial charge in [0.1, 0.15) is 5.69 Å². The van der Waals surface area contributed by atoms with Crippen molar-refractivity contribution in [2.45, 2.75) is 6.42 Å². The Kier molecular flexibility index (Phi) is 6.47. The van der Waals surface area contributed by atoms with E-state index in [2.05, 4.69) is 10.6 Å². The van der Waals surface area contributed by atoms with Crippen molar-refractivity contribution in [3.63, 3.8) is 0 Å². The van der Waals surface area contributed by atoms with Gasteiger partial charge in [0.05, 0.1) is 10.5 Å². The molecule has 0 saturated heterocycles. The topological polar surface area (TPSA) is 111 Å². The van der Waals surface area contributed by atoms with E-state index in [1.807, 2.05) is 17.5 Å². The van der Waals surface area contributed by atoms with E-state index in [0.717, 1.165) is 10.9 Å². The maximum absolute atomic E-state index is 11.9. The summed E-state index contributed by atoms with van der Waals surface area (Å²) in [6, 6.07) is 7.83. The molecule has 2 rings (SSSR count). The monoisotopic (exact) mass is 363 g/mol. The number of ether oxygens (including phenoxy) is 1. The molecule has 2 N–H and O–H groups in total. The highest BCUT2D eigenvalue weighted by Gasteiger charge is 2.18. The van der Waals surface area contributed by atoms with Crippen LogP contribution >= 0.6 is 11.3 Å². The molecule has 0 aliphatic heterocycles. The fourth-order valence-electron chi connectivity index (χ4n) is 2.07. The van der Waals surface area contributed by atoms with Gasteiger partial charge in [-0.25, -0.2) is 4.79 Å². The molecule has 0 aliphatic carbocycles. The van der Waals surface area contributed by atoms with E-state index in [1.165, 1.54) is 12.1 Å². The Hall–Kier alpha value is -2.94. The van der Waals surface area contributed by atoms with Crippen LogP contribution in [0.25, 0.3) is 0 Å². The van der Waals surface area contributed by atoms with E-state index in [1.54, 1.807) is 18.4 Å². The maximum atomic E-state index is 11.9. The van der Waals surface area contributed by atoms with Crippen LogP contribution in [0.2, 0.25) is 0 Å². The van der Waals surface area contributed by atoms with Crippen molar-refractivity contribution >= 4 is 34.6 Å². The number of carbonyl (C=O) groups is 2. The van der Waals surface area contributed by atoms with Crippen LogP contribution in [0.15, 0.2) is 35.7 Å². The zero-order chi connectivity index (χ0) is 18.2. The lowest BCUT2D eigenvalue weighted by atomic mass is 10.1. The second kappa shape index (κ2) is 8.78. The molecule has 0 bridgehead atoms. The zero-order valence-electron chi connectivity index (χ0n) is 13.5. The van der Waals surface area contributed by atoms with Crippen LogP contribution < -0.4 is 10.6 Å². The Morgan fingerprint density at radius 2 is 2.12 bits per heavy atom. The Morgan fingerprint density at radius 1 is 1.32 bits per heavy atom. The fourth-order valence-corrected chi connectivity index (χ4v) is 2.78. The van der Waals surface area contributed by atoms with E-state index in [0.29, 0.717) is 13.0 Å². The number of esters is 1. The number of benzene rings is 1. The number of thiophene rings is 1. The summed E-state index contributed by atoms with van der Waals surface area (Å²) in [6.07, 6.45) is 0.703. The van der Waals surface area contributed by atoms with Crippen LogP contribution in [-0.2, 0) is 16.0 Å². The molecule has 1 aromatic carbocycles. The minimum atomic E-state index is -0.792. The number of nitrogens with one attached hydrogen (secondary N) is 2. The second-order valence-corrected chi connectivity index (χ2v) is 6.03.